The molecular weight excluding hydrogens is 356 g/mol. The number of anilines is 1. The number of hydrogen-bond donors (Lipinski definition) is 1. The molecule has 0 aliphatic carbocycles. The Balaban J connectivity index is 1.95. The van der Waals surface area contributed by atoms with Crippen molar-refractivity contribution in [3.63, 3.8) is 0 Å². The molecule has 0 unspecified atom stereocenters. The Kier molecular flexibility index (Phi) is 5.53. The van der Waals surface area contributed by atoms with Gasteiger partial charge in [-0.25, -0.2) is 18.2 Å². The molecule has 1 heterocycles. The predicted molar refractivity (Wildman–Crippen MR) is 87.7 cm³/mol. The molecule has 126 valence electrons. The second-order valence-corrected chi connectivity index (χ2v) is 7.24. The van der Waals surface area contributed by atoms with Gasteiger partial charge in [-0.05, 0) is 30.3 Å². The fourth-order valence-electron chi connectivity index (χ4n) is 1.72. The summed E-state index contributed by atoms with van der Waals surface area (Å²) in [6.07, 6.45) is 2.41. The van der Waals surface area contributed by atoms with E-state index in [-0.39, 0.29) is 16.3 Å². The Morgan fingerprint density at radius 3 is 2.67 bits per heavy atom. The third kappa shape index (κ3) is 5.04. The lowest BCUT2D eigenvalue weighted by molar-refractivity contribution is -0.119. The fourth-order valence-corrected chi connectivity index (χ4v) is 2.55. The van der Waals surface area contributed by atoms with Crippen molar-refractivity contribution in [3.8, 4) is 0 Å². The zero-order valence-corrected chi connectivity index (χ0v) is 14.1. The van der Waals surface area contributed by atoms with Crippen LogP contribution in [0.5, 0.6) is 0 Å². The molecule has 1 amide bonds. The van der Waals surface area contributed by atoms with E-state index in [4.69, 9.17) is 16.3 Å². The summed E-state index contributed by atoms with van der Waals surface area (Å²) in [5, 5.41) is 2.76. The van der Waals surface area contributed by atoms with E-state index in [1.807, 2.05) is 0 Å². The van der Waals surface area contributed by atoms with Gasteiger partial charge in [0.15, 0.2) is 16.4 Å². The number of sulfone groups is 1. The van der Waals surface area contributed by atoms with E-state index >= 15 is 0 Å². The number of hydrogen-bond acceptors (Lipinski definition) is 6. The Bertz CT molecular complexity index is 883. The van der Waals surface area contributed by atoms with E-state index < -0.39 is 28.3 Å². The summed E-state index contributed by atoms with van der Waals surface area (Å²) >= 11 is 5.73. The minimum Gasteiger partial charge on any atom is -0.451 e. The van der Waals surface area contributed by atoms with Crippen molar-refractivity contribution in [2.45, 2.75) is 4.90 Å². The monoisotopic (exact) mass is 368 g/mol. The molecule has 0 aliphatic heterocycles. The second kappa shape index (κ2) is 7.41. The van der Waals surface area contributed by atoms with Crippen LogP contribution in [0.3, 0.4) is 0 Å². The molecule has 24 heavy (non-hydrogen) atoms. The Morgan fingerprint density at radius 1 is 1.25 bits per heavy atom. The molecule has 0 aliphatic rings. The van der Waals surface area contributed by atoms with Gasteiger partial charge in [0.05, 0.1) is 4.90 Å². The van der Waals surface area contributed by atoms with Crippen LogP contribution in [0.15, 0.2) is 47.5 Å². The quantitative estimate of drug-likeness (QED) is 0.809. The van der Waals surface area contributed by atoms with E-state index in [9.17, 15) is 18.0 Å². The molecule has 0 atom stereocenters. The van der Waals surface area contributed by atoms with Crippen LogP contribution in [0.4, 0.5) is 5.69 Å². The van der Waals surface area contributed by atoms with Crippen molar-refractivity contribution < 1.29 is 22.7 Å². The van der Waals surface area contributed by atoms with E-state index in [1.165, 1.54) is 42.6 Å². The summed E-state index contributed by atoms with van der Waals surface area (Å²) in [7, 11) is -3.38. The number of pyridine rings is 1. The summed E-state index contributed by atoms with van der Waals surface area (Å²) in [5.74, 6) is -1.41. The zero-order chi connectivity index (χ0) is 17.7. The van der Waals surface area contributed by atoms with Gasteiger partial charge in [0, 0.05) is 23.2 Å². The van der Waals surface area contributed by atoms with Crippen molar-refractivity contribution in [3.05, 3.63) is 53.3 Å². The maximum absolute atomic E-state index is 11.8. The molecule has 9 heteroatoms. The Morgan fingerprint density at radius 2 is 2.00 bits per heavy atom. The average molecular weight is 369 g/mol. The molecule has 0 spiro atoms. The zero-order valence-electron chi connectivity index (χ0n) is 12.5. The third-order valence-corrected chi connectivity index (χ3v) is 4.16. The van der Waals surface area contributed by atoms with Crippen LogP contribution in [-0.4, -0.2) is 38.1 Å². The molecule has 1 aromatic heterocycles. The van der Waals surface area contributed by atoms with Crippen LogP contribution < -0.4 is 5.32 Å². The van der Waals surface area contributed by atoms with Crippen molar-refractivity contribution in [1.82, 2.24) is 4.98 Å². The molecule has 0 bridgehead atoms. The molecule has 0 saturated heterocycles. The van der Waals surface area contributed by atoms with Gasteiger partial charge in [0.25, 0.3) is 5.91 Å². The molecule has 1 aromatic carbocycles. The summed E-state index contributed by atoms with van der Waals surface area (Å²) in [4.78, 5) is 27.4. The highest BCUT2D eigenvalue weighted by Crippen LogP contribution is 2.15. The summed E-state index contributed by atoms with van der Waals surface area (Å²) in [5.41, 5.74) is 0.259. The molecule has 1 N–H and O–H groups in total. The minimum atomic E-state index is -3.38. The summed E-state index contributed by atoms with van der Waals surface area (Å²) in [6.45, 7) is -0.546. The minimum absolute atomic E-state index is 0.0191. The fraction of sp³-hybridized carbons (Fsp3) is 0.133. The van der Waals surface area contributed by atoms with E-state index in [0.717, 1.165) is 6.26 Å². The normalized spacial score (nSPS) is 10.9. The van der Waals surface area contributed by atoms with Gasteiger partial charge in [-0.2, -0.15) is 0 Å². The van der Waals surface area contributed by atoms with Gasteiger partial charge < -0.3 is 10.1 Å². The number of carbonyl (C=O) groups excluding carboxylic acids is 2. The highest BCUT2D eigenvalue weighted by atomic mass is 35.5. The molecule has 7 nitrogen and oxygen atoms in total. The molecule has 2 aromatic rings. The van der Waals surface area contributed by atoms with E-state index in [0.29, 0.717) is 5.02 Å². The van der Waals surface area contributed by atoms with Gasteiger partial charge in [-0.1, -0.05) is 17.7 Å². The Labute approximate surface area is 143 Å². The van der Waals surface area contributed by atoms with Gasteiger partial charge in [-0.3, -0.25) is 4.79 Å². The number of aromatic nitrogens is 1. The number of benzene rings is 1. The number of halogens is 1. The second-order valence-electron chi connectivity index (χ2n) is 4.78. The third-order valence-electron chi connectivity index (χ3n) is 2.81. The largest absolute Gasteiger partial charge is 0.451 e. The first kappa shape index (κ1) is 17.9. The standard InChI is InChI=1S/C15H13ClN2O5S/c1-24(21,22)12-4-2-3-11(8-12)18-14(19)9-23-15(20)13-7-10(16)5-6-17-13/h2-8H,9H2,1H3,(H,18,19). The first-order valence-electron chi connectivity index (χ1n) is 6.64. The molecule has 2 rings (SSSR count). The van der Waals surface area contributed by atoms with Gasteiger partial charge in [0.1, 0.15) is 5.69 Å². The number of carbonyl (C=O) groups is 2. The first-order valence-corrected chi connectivity index (χ1v) is 8.91. The van der Waals surface area contributed by atoms with Crippen LogP contribution in [0.1, 0.15) is 10.5 Å². The average Bonchev–Trinajstić information content (AvgIpc) is 2.52. The van der Waals surface area contributed by atoms with Crippen molar-refractivity contribution >= 4 is 39.0 Å². The first-order chi connectivity index (χ1) is 11.3. The van der Waals surface area contributed by atoms with Crippen LogP contribution in [0, 0.1) is 0 Å². The van der Waals surface area contributed by atoms with Crippen LogP contribution >= 0.6 is 11.6 Å². The van der Waals surface area contributed by atoms with Crippen molar-refractivity contribution in [2.24, 2.45) is 0 Å². The lowest BCUT2D eigenvalue weighted by Gasteiger charge is -2.07. The molecule has 0 fully saturated rings. The van der Waals surface area contributed by atoms with Gasteiger partial charge in [0.2, 0.25) is 0 Å². The molecular formula is C15H13ClN2O5S. The topological polar surface area (TPSA) is 102 Å². The molecule has 0 saturated carbocycles. The predicted octanol–water partition coefficient (Wildman–Crippen LogP) is 1.93. The number of nitrogens with one attached hydrogen (secondary N) is 1. The maximum atomic E-state index is 11.8. The summed E-state index contributed by atoms with van der Waals surface area (Å²) < 4.78 is 27.8. The highest BCUT2D eigenvalue weighted by Gasteiger charge is 2.13. The smallest absolute Gasteiger partial charge is 0.357 e. The number of esters is 1. The van der Waals surface area contributed by atoms with Crippen molar-refractivity contribution in [2.75, 3.05) is 18.2 Å². The summed E-state index contributed by atoms with van der Waals surface area (Å²) in [6, 6.07) is 8.56. The van der Waals surface area contributed by atoms with Crippen LogP contribution in [-0.2, 0) is 19.4 Å². The van der Waals surface area contributed by atoms with Gasteiger partial charge in [-0.15, -0.1) is 0 Å². The van der Waals surface area contributed by atoms with E-state index in [1.54, 1.807) is 0 Å². The number of amides is 1. The highest BCUT2D eigenvalue weighted by molar-refractivity contribution is 7.90. The molecule has 0 radical (unpaired) electrons. The van der Waals surface area contributed by atoms with Gasteiger partial charge >= 0.3 is 5.97 Å². The lowest BCUT2D eigenvalue weighted by atomic mass is 10.3. The van der Waals surface area contributed by atoms with Crippen molar-refractivity contribution in [1.29, 1.82) is 0 Å². The number of ether oxygens (including phenoxy) is 1. The van der Waals surface area contributed by atoms with Crippen LogP contribution in [0.25, 0.3) is 0 Å². The Hall–Kier alpha value is -2.45. The number of rotatable bonds is 5. The SMILES string of the molecule is CS(=O)(=O)c1cccc(NC(=O)COC(=O)c2cc(Cl)ccn2)c1. The lowest BCUT2D eigenvalue weighted by Crippen LogP contribution is -2.21. The van der Waals surface area contributed by atoms with Crippen LogP contribution in [0.2, 0.25) is 5.02 Å². The number of nitrogens with zero attached hydrogens (tertiary/aromatic N) is 1. The maximum Gasteiger partial charge on any atom is 0.357 e. The van der Waals surface area contributed by atoms with E-state index in [2.05, 4.69) is 10.3 Å².